The summed E-state index contributed by atoms with van der Waals surface area (Å²) in [6, 6.07) is 0. The smallest absolute Gasteiger partial charge is 0.334 e. The van der Waals surface area contributed by atoms with Gasteiger partial charge >= 0.3 is 35.8 Å². The lowest BCUT2D eigenvalue weighted by atomic mass is 10.4. The van der Waals surface area contributed by atoms with Crippen molar-refractivity contribution in [1.29, 1.82) is 0 Å². The topological polar surface area (TPSA) is 206 Å². The molecule has 1 heterocycles. The van der Waals surface area contributed by atoms with Gasteiger partial charge in [0.15, 0.2) is 40.4 Å². The molecule has 0 aliphatic rings. The quantitative estimate of drug-likeness (QED) is 0.0776. The van der Waals surface area contributed by atoms with Crippen LogP contribution in [0.15, 0.2) is 72.9 Å². The second kappa shape index (κ2) is 20.2. The molecule has 0 aliphatic carbocycles. The molecule has 0 bridgehead atoms. The molecule has 0 fully saturated rings. The normalized spacial score (nSPS) is 10.0. The van der Waals surface area contributed by atoms with E-state index < -0.39 is 76.2 Å². The Morgan fingerprint density at radius 2 is 0.510 bits per heavy atom. The molecule has 0 saturated heterocycles. The second-order valence-corrected chi connectivity index (χ2v) is 10.9. The van der Waals surface area contributed by atoms with Crippen LogP contribution in [-0.4, -0.2) is 91.2 Å². The van der Waals surface area contributed by atoms with Gasteiger partial charge in [-0.3, -0.25) is 14.7 Å². The number of aromatic nitrogens is 3. The van der Waals surface area contributed by atoms with Crippen LogP contribution in [-0.2, 0) is 57.2 Å². The zero-order valence-corrected chi connectivity index (χ0v) is 29.6. The van der Waals surface area contributed by atoms with Gasteiger partial charge in [-0.25, -0.2) is 28.8 Å². The van der Waals surface area contributed by atoms with Crippen LogP contribution in [0.2, 0.25) is 0 Å². The fourth-order valence-electron chi connectivity index (χ4n) is 2.78. The lowest BCUT2D eigenvalue weighted by Gasteiger charge is -2.28. The van der Waals surface area contributed by atoms with Gasteiger partial charge in [0.1, 0.15) is 0 Å². The Balaban J connectivity index is 4.00. The molecule has 0 amide bonds. The van der Waals surface area contributed by atoms with Crippen LogP contribution in [0.25, 0.3) is 0 Å². The number of hydrogen-bond acceptors (Lipinski definition) is 18. The minimum Gasteiger partial charge on any atom is -0.441 e. The molecular weight excluding hydrogens is 672 g/mol. The maximum Gasteiger partial charge on any atom is 0.334 e. The third-order valence-electron chi connectivity index (χ3n) is 5.65. The average Bonchev–Trinajstić information content (AvgIpc) is 3.06. The van der Waals surface area contributed by atoms with E-state index >= 15 is 0 Å². The highest BCUT2D eigenvalue weighted by molar-refractivity contribution is 5.89. The maximum absolute atomic E-state index is 12.3. The Labute approximate surface area is 295 Å². The first-order valence-corrected chi connectivity index (χ1v) is 14.7. The molecule has 1 aromatic heterocycles. The van der Waals surface area contributed by atoms with E-state index in [1.165, 1.54) is 41.5 Å². The molecule has 51 heavy (non-hydrogen) atoms. The molecule has 0 aliphatic heterocycles. The molecule has 0 spiro atoms. The van der Waals surface area contributed by atoms with Gasteiger partial charge in [-0.1, -0.05) is 39.5 Å². The molecule has 0 aromatic carbocycles. The van der Waals surface area contributed by atoms with Gasteiger partial charge in [-0.05, 0) is 41.5 Å². The summed E-state index contributed by atoms with van der Waals surface area (Å²) < 4.78 is 31.6. The van der Waals surface area contributed by atoms with Crippen LogP contribution in [0, 0.1) is 0 Å². The Morgan fingerprint density at radius 1 is 0.373 bits per heavy atom. The van der Waals surface area contributed by atoms with Crippen LogP contribution in [0.1, 0.15) is 41.5 Å². The Bertz CT molecular complexity index is 1330. The zero-order chi connectivity index (χ0) is 39.0. The van der Waals surface area contributed by atoms with Crippen LogP contribution >= 0.6 is 0 Å². The van der Waals surface area contributed by atoms with Crippen molar-refractivity contribution in [3.8, 4) is 0 Å². The number of hydrogen-bond donors (Lipinski definition) is 0. The van der Waals surface area contributed by atoms with Gasteiger partial charge in [0, 0.05) is 33.4 Å². The molecule has 1 rings (SSSR count). The Hall–Kier alpha value is -6.33. The highest BCUT2D eigenvalue weighted by Crippen LogP contribution is 2.21. The molecule has 276 valence electrons. The van der Waals surface area contributed by atoms with E-state index in [1.54, 1.807) is 0 Å². The molecule has 0 N–H and O–H groups in total. The Kier molecular flexibility index (Phi) is 16.9. The van der Waals surface area contributed by atoms with Gasteiger partial charge < -0.3 is 28.4 Å². The number of carbonyl (C=O) groups is 6. The van der Waals surface area contributed by atoms with Gasteiger partial charge in [0.2, 0.25) is 17.8 Å². The summed E-state index contributed by atoms with van der Waals surface area (Å²) in [4.78, 5) is 90.3. The zero-order valence-electron chi connectivity index (χ0n) is 29.6. The second-order valence-electron chi connectivity index (χ2n) is 10.9. The minimum atomic E-state index is -0.819. The van der Waals surface area contributed by atoms with Crippen molar-refractivity contribution in [3.63, 3.8) is 0 Å². The van der Waals surface area contributed by atoms with Crippen molar-refractivity contribution in [2.75, 3.05) is 55.1 Å². The number of nitrogens with zero attached hydrogens (tertiary/aromatic N) is 6. The van der Waals surface area contributed by atoms with Crippen LogP contribution in [0.4, 0.5) is 17.8 Å². The highest BCUT2D eigenvalue weighted by atomic mass is 16.6. The van der Waals surface area contributed by atoms with Gasteiger partial charge in [0.25, 0.3) is 0 Å². The summed E-state index contributed by atoms with van der Waals surface area (Å²) in [5.74, 6) is -5.98. The third kappa shape index (κ3) is 14.8. The maximum atomic E-state index is 12.3. The minimum absolute atomic E-state index is 0.0422. The van der Waals surface area contributed by atoms with Gasteiger partial charge in [0.05, 0.1) is 0 Å². The summed E-state index contributed by atoms with van der Waals surface area (Å²) in [5.41, 5.74) is 0.253. The van der Waals surface area contributed by atoms with E-state index in [-0.39, 0.29) is 51.3 Å². The van der Waals surface area contributed by atoms with Crippen molar-refractivity contribution in [2.45, 2.75) is 41.5 Å². The van der Waals surface area contributed by atoms with Gasteiger partial charge in [-0.2, -0.15) is 15.0 Å². The average molecular weight is 715 g/mol. The first-order chi connectivity index (χ1) is 23.7. The molecule has 18 nitrogen and oxygen atoms in total. The fraction of sp³-hybridized carbons (Fsp3) is 0.364. The third-order valence-corrected chi connectivity index (χ3v) is 5.65. The van der Waals surface area contributed by atoms with Crippen LogP contribution < -0.4 is 14.7 Å². The molecule has 1 aromatic rings. The van der Waals surface area contributed by atoms with E-state index in [9.17, 15) is 28.8 Å². The van der Waals surface area contributed by atoms with Crippen LogP contribution in [0.3, 0.4) is 0 Å². The lowest BCUT2D eigenvalue weighted by molar-refractivity contribution is -0.142. The Morgan fingerprint density at radius 3 is 0.627 bits per heavy atom. The number of esters is 6. The van der Waals surface area contributed by atoms with Crippen molar-refractivity contribution in [3.05, 3.63) is 72.9 Å². The molecule has 0 unspecified atom stereocenters. The standard InChI is InChI=1S/C33H42N6O12/c1-19(2)25(40)46-13-37(14-47-26(41)20(3)4)31-34-32(38(15-48-27(42)21(5)6)16-49-28(43)22(7)8)36-33(35-31)39(17-50-29(44)23(9)10)18-51-30(45)24(11)12/h1,3,5,7,9,11,13-18H2,2,4,6,8,10,12H3. The van der Waals surface area contributed by atoms with Crippen molar-refractivity contribution in [2.24, 2.45) is 0 Å². The van der Waals surface area contributed by atoms with Gasteiger partial charge in [-0.15, -0.1) is 0 Å². The van der Waals surface area contributed by atoms with E-state index in [2.05, 4.69) is 54.4 Å². The van der Waals surface area contributed by atoms with E-state index in [4.69, 9.17) is 28.4 Å². The first kappa shape index (κ1) is 42.7. The van der Waals surface area contributed by atoms with Crippen molar-refractivity contribution in [1.82, 2.24) is 15.0 Å². The summed E-state index contributed by atoms with van der Waals surface area (Å²) in [6.45, 7) is 25.9. The molecule has 0 saturated carbocycles. The molecule has 0 radical (unpaired) electrons. The number of anilines is 3. The fourth-order valence-corrected chi connectivity index (χ4v) is 2.78. The summed E-state index contributed by atoms with van der Waals surface area (Å²) >= 11 is 0. The first-order valence-electron chi connectivity index (χ1n) is 14.7. The predicted molar refractivity (Wildman–Crippen MR) is 182 cm³/mol. The lowest BCUT2D eigenvalue weighted by Crippen LogP contribution is -2.38. The summed E-state index contributed by atoms with van der Waals surface area (Å²) in [6.07, 6.45) is 0. The van der Waals surface area contributed by atoms with Crippen LogP contribution in [0.5, 0.6) is 0 Å². The molecular formula is C33H42N6O12. The SMILES string of the molecule is C=C(C)C(=O)OCN(COC(=O)C(=C)C)c1nc(N(COC(=O)C(=C)C)COC(=O)C(=C)C)nc(N(COC(=O)C(=C)C)COC(=O)C(=C)C)n1. The largest absolute Gasteiger partial charge is 0.441 e. The monoisotopic (exact) mass is 714 g/mol. The highest BCUT2D eigenvalue weighted by Gasteiger charge is 2.25. The van der Waals surface area contributed by atoms with E-state index in [0.29, 0.717) is 0 Å². The van der Waals surface area contributed by atoms with Crippen molar-refractivity contribution >= 4 is 53.7 Å². The summed E-state index contributed by atoms with van der Waals surface area (Å²) in [5, 5.41) is 0. The van der Waals surface area contributed by atoms with E-state index in [0.717, 1.165) is 14.7 Å². The van der Waals surface area contributed by atoms with E-state index in [1.807, 2.05) is 0 Å². The molecule has 0 atom stereocenters. The summed E-state index contributed by atoms with van der Waals surface area (Å²) in [7, 11) is 0. The predicted octanol–water partition coefficient (Wildman–Crippen LogP) is 2.75. The van der Waals surface area contributed by atoms with Crippen molar-refractivity contribution < 1.29 is 57.2 Å². The number of rotatable bonds is 21. The molecule has 18 heteroatoms. The number of ether oxygens (including phenoxy) is 6. The number of carbonyl (C=O) groups excluding carboxylic acids is 6.